The molecule has 0 saturated heterocycles. The van der Waals surface area contributed by atoms with Crippen molar-refractivity contribution in [2.24, 2.45) is 16.7 Å². The highest BCUT2D eigenvalue weighted by molar-refractivity contribution is 5.31. The second kappa shape index (κ2) is 4.57. The van der Waals surface area contributed by atoms with Crippen LogP contribution in [0.15, 0.2) is 24.3 Å². The first-order valence-electron chi connectivity index (χ1n) is 7.73. The molecule has 1 saturated carbocycles. The molecule has 20 heavy (non-hydrogen) atoms. The number of aliphatic hydroxyl groups is 1. The molecule has 0 aromatic heterocycles. The van der Waals surface area contributed by atoms with E-state index in [-0.39, 0.29) is 23.0 Å². The highest BCUT2D eigenvalue weighted by Crippen LogP contribution is 2.70. The Hall–Kier alpha value is -0.860. The van der Waals surface area contributed by atoms with Crippen LogP contribution in [-0.2, 0) is 11.2 Å². The Morgan fingerprint density at radius 1 is 1.20 bits per heavy atom. The molecule has 1 aromatic rings. The van der Waals surface area contributed by atoms with E-state index in [0.29, 0.717) is 12.3 Å². The number of rotatable bonds is 3. The maximum atomic E-state index is 10.7. The standard InChI is InChI=1S/C18H26O2/c1-17(2)16(18(17,3)4)14(19)11-15-13-8-6-5-7-12(13)9-10-20-15/h5-8,14-16,19H,9-11H2,1-4H3. The molecule has 2 nitrogen and oxygen atoms in total. The van der Waals surface area contributed by atoms with E-state index < -0.39 is 0 Å². The Labute approximate surface area is 122 Å². The molecule has 1 fully saturated rings. The fourth-order valence-corrected chi connectivity index (χ4v) is 4.24. The molecule has 1 N–H and O–H groups in total. The molecule has 2 aliphatic rings. The number of ether oxygens (including phenoxy) is 1. The minimum Gasteiger partial charge on any atom is -0.393 e. The summed E-state index contributed by atoms with van der Waals surface area (Å²) in [7, 11) is 0. The first-order valence-corrected chi connectivity index (χ1v) is 7.73. The molecule has 2 unspecified atom stereocenters. The van der Waals surface area contributed by atoms with Gasteiger partial charge in [0.25, 0.3) is 0 Å². The summed E-state index contributed by atoms with van der Waals surface area (Å²) in [6.07, 6.45) is 1.48. The molecule has 1 aromatic carbocycles. The number of hydrogen-bond acceptors (Lipinski definition) is 2. The van der Waals surface area contributed by atoms with Crippen LogP contribution in [0.1, 0.15) is 51.3 Å². The van der Waals surface area contributed by atoms with Crippen LogP contribution in [0.3, 0.4) is 0 Å². The van der Waals surface area contributed by atoms with E-state index in [2.05, 4.69) is 52.0 Å². The maximum Gasteiger partial charge on any atom is 0.0852 e. The first-order chi connectivity index (χ1) is 9.35. The van der Waals surface area contributed by atoms with E-state index in [0.717, 1.165) is 13.0 Å². The van der Waals surface area contributed by atoms with Gasteiger partial charge in [-0.25, -0.2) is 0 Å². The molecular weight excluding hydrogens is 248 g/mol. The number of aliphatic hydroxyl groups excluding tert-OH is 1. The van der Waals surface area contributed by atoms with Gasteiger partial charge < -0.3 is 9.84 Å². The lowest BCUT2D eigenvalue weighted by atomic mass is 9.92. The summed E-state index contributed by atoms with van der Waals surface area (Å²) in [5.74, 6) is 0.368. The minimum atomic E-state index is -0.281. The summed E-state index contributed by atoms with van der Waals surface area (Å²) in [6.45, 7) is 9.81. The normalized spacial score (nSPS) is 28.8. The summed E-state index contributed by atoms with van der Waals surface area (Å²) < 4.78 is 5.93. The van der Waals surface area contributed by atoms with Gasteiger partial charge in [-0.2, -0.15) is 0 Å². The fourth-order valence-electron chi connectivity index (χ4n) is 4.24. The van der Waals surface area contributed by atoms with Gasteiger partial charge in [-0.15, -0.1) is 0 Å². The van der Waals surface area contributed by atoms with Gasteiger partial charge in [-0.1, -0.05) is 52.0 Å². The minimum absolute atomic E-state index is 0.0575. The zero-order chi connectivity index (χ0) is 14.5. The largest absolute Gasteiger partial charge is 0.393 e. The van der Waals surface area contributed by atoms with E-state index in [1.807, 2.05) is 0 Å². The van der Waals surface area contributed by atoms with Crippen LogP contribution >= 0.6 is 0 Å². The van der Waals surface area contributed by atoms with E-state index in [1.54, 1.807) is 0 Å². The third kappa shape index (κ3) is 2.01. The Balaban J connectivity index is 1.74. The van der Waals surface area contributed by atoms with Gasteiger partial charge in [-0.3, -0.25) is 0 Å². The van der Waals surface area contributed by atoms with E-state index in [9.17, 15) is 5.11 Å². The van der Waals surface area contributed by atoms with Crippen molar-refractivity contribution in [1.29, 1.82) is 0 Å². The van der Waals surface area contributed by atoms with Gasteiger partial charge in [0.05, 0.1) is 18.8 Å². The zero-order valence-corrected chi connectivity index (χ0v) is 13.0. The van der Waals surface area contributed by atoms with Crippen LogP contribution < -0.4 is 0 Å². The smallest absolute Gasteiger partial charge is 0.0852 e. The van der Waals surface area contributed by atoms with Crippen LogP contribution in [0.2, 0.25) is 0 Å². The molecule has 2 atom stereocenters. The average Bonchev–Trinajstić information content (AvgIpc) is 2.80. The van der Waals surface area contributed by atoms with Crippen molar-refractivity contribution in [2.45, 2.75) is 52.7 Å². The van der Waals surface area contributed by atoms with Crippen molar-refractivity contribution in [3.63, 3.8) is 0 Å². The molecule has 2 heteroatoms. The quantitative estimate of drug-likeness (QED) is 0.910. The van der Waals surface area contributed by atoms with Crippen molar-refractivity contribution in [3.05, 3.63) is 35.4 Å². The lowest BCUT2D eigenvalue weighted by Gasteiger charge is -2.28. The average molecular weight is 274 g/mol. The van der Waals surface area contributed by atoms with Crippen molar-refractivity contribution in [3.8, 4) is 0 Å². The van der Waals surface area contributed by atoms with Gasteiger partial charge in [-0.05, 0) is 34.3 Å². The molecule has 1 aliphatic heterocycles. The highest BCUT2D eigenvalue weighted by atomic mass is 16.5. The first kappa shape index (κ1) is 14.1. The summed E-state index contributed by atoms with van der Waals surface area (Å²) in [6, 6.07) is 8.49. The van der Waals surface area contributed by atoms with Crippen molar-refractivity contribution in [1.82, 2.24) is 0 Å². The van der Waals surface area contributed by atoms with Crippen molar-refractivity contribution >= 4 is 0 Å². The number of benzene rings is 1. The van der Waals surface area contributed by atoms with Crippen LogP contribution in [0.25, 0.3) is 0 Å². The van der Waals surface area contributed by atoms with Crippen LogP contribution in [-0.4, -0.2) is 17.8 Å². The fraction of sp³-hybridized carbons (Fsp3) is 0.667. The molecule has 1 aliphatic carbocycles. The molecule has 110 valence electrons. The van der Waals surface area contributed by atoms with E-state index >= 15 is 0 Å². The lowest BCUT2D eigenvalue weighted by Crippen LogP contribution is -2.23. The van der Waals surface area contributed by atoms with E-state index in [4.69, 9.17) is 4.74 Å². The van der Waals surface area contributed by atoms with Crippen molar-refractivity contribution in [2.75, 3.05) is 6.61 Å². The SMILES string of the molecule is CC1(C)C(C(O)CC2OCCc3ccccc32)C1(C)C. The maximum absolute atomic E-state index is 10.7. The summed E-state index contributed by atoms with van der Waals surface area (Å²) in [5, 5.41) is 10.7. The summed E-state index contributed by atoms with van der Waals surface area (Å²) >= 11 is 0. The Kier molecular flexibility index (Phi) is 3.22. The molecule has 3 rings (SSSR count). The molecule has 0 bridgehead atoms. The van der Waals surface area contributed by atoms with Gasteiger partial charge in [0.2, 0.25) is 0 Å². The summed E-state index contributed by atoms with van der Waals surface area (Å²) in [5.41, 5.74) is 3.10. The zero-order valence-electron chi connectivity index (χ0n) is 13.0. The highest BCUT2D eigenvalue weighted by Gasteiger charge is 2.67. The molecule has 0 spiro atoms. The van der Waals surface area contributed by atoms with Gasteiger partial charge >= 0.3 is 0 Å². The Morgan fingerprint density at radius 2 is 1.85 bits per heavy atom. The lowest BCUT2D eigenvalue weighted by molar-refractivity contribution is -0.00566. The van der Waals surface area contributed by atoms with Crippen LogP contribution in [0.4, 0.5) is 0 Å². The van der Waals surface area contributed by atoms with Gasteiger partial charge in [0, 0.05) is 6.42 Å². The predicted molar refractivity (Wildman–Crippen MR) is 80.5 cm³/mol. The molecule has 1 heterocycles. The van der Waals surface area contributed by atoms with Gasteiger partial charge in [0.15, 0.2) is 0 Å². The molecule has 0 radical (unpaired) electrons. The van der Waals surface area contributed by atoms with Crippen LogP contribution in [0.5, 0.6) is 0 Å². The third-order valence-corrected chi connectivity index (χ3v) is 6.07. The number of hydrogen-bond donors (Lipinski definition) is 1. The van der Waals surface area contributed by atoms with Crippen LogP contribution in [0, 0.1) is 16.7 Å². The molecular formula is C18H26O2. The predicted octanol–water partition coefficient (Wildman–Crippen LogP) is 3.73. The monoisotopic (exact) mass is 274 g/mol. The summed E-state index contributed by atoms with van der Waals surface area (Å²) in [4.78, 5) is 0. The second-order valence-corrected chi connectivity index (χ2v) is 7.53. The Morgan fingerprint density at radius 3 is 2.50 bits per heavy atom. The second-order valence-electron chi connectivity index (χ2n) is 7.53. The van der Waals surface area contributed by atoms with E-state index in [1.165, 1.54) is 11.1 Å². The third-order valence-electron chi connectivity index (χ3n) is 6.07. The van der Waals surface area contributed by atoms with Gasteiger partial charge in [0.1, 0.15) is 0 Å². The van der Waals surface area contributed by atoms with Crippen molar-refractivity contribution < 1.29 is 9.84 Å². The topological polar surface area (TPSA) is 29.5 Å². The Bertz CT molecular complexity index is 490. The number of fused-ring (bicyclic) bond motifs is 1. The molecule has 0 amide bonds.